The number of nitrogens with zero attached hydrogens (tertiary/aromatic N) is 4. The van der Waals surface area contributed by atoms with Gasteiger partial charge in [0.15, 0.2) is 0 Å². The highest BCUT2D eigenvalue weighted by molar-refractivity contribution is 5.95. The van der Waals surface area contributed by atoms with E-state index in [1.54, 1.807) is 12.4 Å². The summed E-state index contributed by atoms with van der Waals surface area (Å²) in [6, 6.07) is -0.0504. The maximum Gasteiger partial charge on any atom is 0.258 e. The maximum atomic E-state index is 12.7. The van der Waals surface area contributed by atoms with Crippen molar-refractivity contribution >= 4 is 5.91 Å². The fraction of sp³-hybridized carbons (Fsp3) is 0.462. The van der Waals surface area contributed by atoms with Gasteiger partial charge in [0.25, 0.3) is 5.91 Å². The Morgan fingerprint density at radius 3 is 3.00 bits per heavy atom. The van der Waals surface area contributed by atoms with E-state index in [1.807, 2.05) is 29.6 Å². The molecule has 2 N–H and O–H groups in total. The molecule has 7 nitrogen and oxygen atoms in total. The van der Waals surface area contributed by atoms with Gasteiger partial charge in [0, 0.05) is 44.8 Å². The summed E-state index contributed by atoms with van der Waals surface area (Å²) < 4.78 is 1.96. The number of amides is 1. The van der Waals surface area contributed by atoms with Crippen LogP contribution in [0.15, 0.2) is 18.6 Å². The molecule has 0 radical (unpaired) electrons. The standard InChI is InChI=1S/C13H18N6O/c1-9-10(7-16-17-9)13(20)19-6-3-14-8-11(19)12-15-4-5-18(12)2/h4-5,7,11,14H,3,6,8H2,1-2H3,(H,16,17). The number of nitrogens with one attached hydrogen (secondary N) is 2. The lowest BCUT2D eigenvalue weighted by molar-refractivity contribution is 0.0620. The molecule has 7 heteroatoms. The number of hydrogen-bond donors (Lipinski definition) is 2. The van der Waals surface area contributed by atoms with Crippen LogP contribution in [0.4, 0.5) is 0 Å². The molecule has 0 aliphatic carbocycles. The third-order valence-electron chi connectivity index (χ3n) is 3.72. The van der Waals surface area contributed by atoms with Gasteiger partial charge in [0.2, 0.25) is 0 Å². The minimum atomic E-state index is -0.0504. The first-order valence-electron chi connectivity index (χ1n) is 6.67. The lowest BCUT2D eigenvalue weighted by atomic mass is 10.1. The number of hydrogen-bond acceptors (Lipinski definition) is 4. The van der Waals surface area contributed by atoms with Crippen LogP contribution >= 0.6 is 0 Å². The molecule has 3 heterocycles. The van der Waals surface area contributed by atoms with E-state index >= 15 is 0 Å². The van der Waals surface area contributed by atoms with Crippen molar-refractivity contribution in [3.05, 3.63) is 35.7 Å². The van der Waals surface area contributed by atoms with E-state index in [4.69, 9.17) is 0 Å². The van der Waals surface area contributed by atoms with Gasteiger partial charge in [-0.1, -0.05) is 0 Å². The molecular weight excluding hydrogens is 256 g/mol. The fourth-order valence-electron chi connectivity index (χ4n) is 2.60. The number of aromatic amines is 1. The summed E-state index contributed by atoms with van der Waals surface area (Å²) in [5, 5.41) is 10.1. The van der Waals surface area contributed by atoms with Gasteiger partial charge in [0.1, 0.15) is 11.9 Å². The molecule has 3 rings (SSSR count). The number of rotatable bonds is 2. The van der Waals surface area contributed by atoms with Crippen LogP contribution in [0.2, 0.25) is 0 Å². The van der Waals surface area contributed by atoms with Gasteiger partial charge in [0.05, 0.1) is 11.8 Å². The number of H-pyrrole nitrogens is 1. The first-order valence-corrected chi connectivity index (χ1v) is 6.67. The van der Waals surface area contributed by atoms with E-state index in [0.717, 1.165) is 18.1 Å². The SMILES string of the molecule is Cc1[nH]ncc1C(=O)N1CCNCC1c1nccn1C. The number of aromatic nitrogens is 4. The van der Waals surface area contributed by atoms with E-state index in [-0.39, 0.29) is 11.9 Å². The fourth-order valence-corrected chi connectivity index (χ4v) is 2.60. The molecule has 2 aromatic heterocycles. The molecule has 1 unspecified atom stereocenters. The highest BCUT2D eigenvalue weighted by atomic mass is 16.2. The molecule has 0 spiro atoms. The second kappa shape index (κ2) is 5.09. The molecule has 0 aromatic carbocycles. The zero-order valence-electron chi connectivity index (χ0n) is 11.6. The summed E-state index contributed by atoms with van der Waals surface area (Å²) in [4.78, 5) is 19.0. The average Bonchev–Trinajstić information content (AvgIpc) is 3.06. The first-order chi connectivity index (χ1) is 9.68. The first kappa shape index (κ1) is 12.9. The number of carbonyl (C=O) groups is 1. The van der Waals surface area contributed by atoms with Gasteiger partial charge in [-0.3, -0.25) is 9.89 Å². The van der Waals surface area contributed by atoms with Crippen molar-refractivity contribution < 1.29 is 4.79 Å². The van der Waals surface area contributed by atoms with Gasteiger partial charge in [-0.15, -0.1) is 0 Å². The quantitative estimate of drug-likeness (QED) is 0.822. The highest BCUT2D eigenvalue weighted by Crippen LogP contribution is 2.23. The van der Waals surface area contributed by atoms with Crippen LogP contribution < -0.4 is 5.32 Å². The average molecular weight is 274 g/mol. The van der Waals surface area contributed by atoms with Gasteiger partial charge in [-0.05, 0) is 6.92 Å². The molecule has 1 amide bonds. The van der Waals surface area contributed by atoms with E-state index in [1.165, 1.54) is 0 Å². The van der Waals surface area contributed by atoms with Crippen molar-refractivity contribution in [3.63, 3.8) is 0 Å². The molecule has 1 atom stereocenters. The van der Waals surface area contributed by atoms with Crippen molar-refractivity contribution in [2.24, 2.45) is 7.05 Å². The topological polar surface area (TPSA) is 78.8 Å². The van der Waals surface area contributed by atoms with Gasteiger partial charge in [-0.2, -0.15) is 5.10 Å². The lowest BCUT2D eigenvalue weighted by Crippen LogP contribution is -2.49. The summed E-state index contributed by atoms with van der Waals surface area (Å²) in [7, 11) is 1.95. The van der Waals surface area contributed by atoms with Crippen molar-refractivity contribution in [1.29, 1.82) is 0 Å². The third-order valence-corrected chi connectivity index (χ3v) is 3.72. The highest BCUT2D eigenvalue weighted by Gasteiger charge is 2.31. The largest absolute Gasteiger partial charge is 0.336 e. The van der Waals surface area contributed by atoms with E-state index < -0.39 is 0 Å². The minimum Gasteiger partial charge on any atom is -0.336 e. The molecule has 2 aromatic rings. The van der Waals surface area contributed by atoms with Crippen LogP contribution in [0.5, 0.6) is 0 Å². The number of imidazole rings is 1. The second-order valence-corrected chi connectivity index (χ2v) is 5.02. The van der Waals surface area contributed by atoms with Gasteiger partial charge in [-0.25, -0.2) is 4.98 Å². The maximum absolute atomic E-state index is 12.7. The molecule has 106 valence electrons. The molecular formula is C13H18N6O. The number of aryl methyl sites for hydroxylation is 2. The third kappa shape index (κ3) is 2.09. The lowest BCUT2D eigenvalue weighted by Gasteiger charge is -2.35. The summed E-state index contributed by atoms with van der Waals surface area (Å²) in [5.74, 6) is 0.900. The Bertz CT molecular complexity index is 616. The van der Waals surface area contributed by atoms with Crippen LogP contribution in [0.25, 0.3) is 0 Å². The Labute approximate surface area is 117 Å². The molecule has 20 heavy (non-hydrogen) atoms. The molecule has 1 aliphatic heterocycles. The summed E-state index contributed by atoms with van der Waals surface area (Å²) in [6.45, 7) is 4.04. The van der Waals surface area contributed by atoms with Crippen LogP contribution in [0, 0.1) is 6.92 Å². The van der Waals surface area contributed by atoms with E-state index in [0.29, 0.717) is 18.7 Å². The van der Waals surface area contributed by atoms with Crippen molar-refractivity contribution in [2.75, 3.05) is 19.6 Å². The van der Waals surface area contributed by atoms with E-state index in [2.05, 4.69) is 20.5 Å². The summed E-state index contributed by atoms with van der Waals surface area (Å²) in [5.41, 5.74) is 1.43. The number of piperazine rings is 1. The predicted molar refractivity (Wildman–Crippen MR) is 73.2 cm³/mol. The van der Waals surface area contributed by atoms with Gasteiger partial charge < -0.3 is 14.8 Å². The van der Waals surface area contributed by atoms with Crippen molar-refractivity contribution in [3.8, 4) is 0 Å². The van der Waals surface area contributed by atoms with Gasteiger partial charge >= 0.3 is 0 Å². The zero-order chi connectivity index (χ0) is 14.1. The van der Waals surface area contributed by atoms with Crippen LogP contribution in [0.3, 0.4) is 0 Å². The van der Waals surface area contributed by atoms with Crippen molar-refractivity contribution in [1.82, 2.24) is 30.0 Å². The van der Waals surface area contributed by atoms with Crippen LogP contribution in [-0.2, 0) is 7.05 Å². The number of carbonyl (C=O) groups excluding carboxylic acids is 1. The molecule has 1 saturated heterocycles. The monoisotopic (exact) mass is 274 g/mol. The Balaban J connectivity index is 1.92. The Morgan fingerprint density at radius 2 is 2.35 bits per heavy atom. The molecule has 1 fully saturated rings. The predicted octanol–water partition coefficient (Wildman–Crippen LogP) is 0.238. The minimum absolute atomic E-state index is 0.00532. The second-order valence-electron chi connectivity index (χ2n) is 5.02. The Hall–Kier alpha value is -2.15. The normalized spacial score (nSPS) is 19.3. The van der Waals surface area contributed by atoms with E-state index in [9.17, 15) is 4.79 Å². The summed E-state index contributed by atoms with van der Waals surface area (Å²) in [6.07, 6.45) is 5.25. The van der Waals surface area contributed by atoms with Crippen molar-refractivity contribution in [2.45, 2.75) is 13.0 Å². The molecule has 0 bridgehead atoms. The Morgan fingerprint density at radius 1 is 1.50 bits per heavy atom. The molecule has 0 saturated carbocycles. The summed E-state index contributed by atoms with van der Waals surface area (Å²) >= 11 is 0. The zero-order valence-corrected chi connectivity index (χ0v) is 11.6. The molecule has 1 aliphatic rings. The van der Waals surface area contributed by atoms with Crippen LogP contribution in [-0.4, -0.2) is 50.2 Å². The smallest absolute Gasteiger partial charge is 0.258 e. The van der Waals surface area contributed by atoms with Crippen LogP contribution in [0.1, 0.15) is 27.9 Å². The Kier molecular flexibility index (Phi) is 3.27.